The van der Waals surface area contributed by atoms with Gasteiger partial charge in [0.05, 0.1) is 6.10 Å². The normalized spacial score (nSPS) is 22.5. The zero-order valence-corrected chi connectivity index (χ0v) is 13.7. The van der Waals surface area contributed by atoms with E-state index in [4.69, 9.17) is 10.5 Å². The molecular weight excluding hydrogens is 246 g/mol. The fraction of sp³-hybridized carbons (Fsp3) is 1.00. The number of nitrogens with two attached hydrogens (primary N) is 1. The zero-order valence-electron chi connectivity index (χ0n) is 13.7. The Morgan fingerprint density at radius 3 is 2.05 bits per heavy atom. The first kappa shape index (κ1) is 18.0. The molecule has 0 aromatic rings. The number of rotatable bonds is 13. The third kappa shape index (κ3) is 8.26. The van der Waals surface area contributed by atoms with Gasteiger partial charge in [-0.15, -0.1) is 0 Å². The molecule has 1 aliphatic rings. The van der Waals surface area contributed by atoms with Crippen molar-refractivity contribution in [1.29, 1.82) is 0 Å². The van der Waals surface area contributed by atoms with E-state index in [1.807, 2.05) is 0 Å². The highest BCUT2D eigenvalue weighted by Crippen LogP contribution is 2.27. The first-order valence-corrected chi connectivity index (χ1v) is 9.20. The monoisotopic (exact) mass is 283 g/mol. The summed E-state index contributed by atoms with van der Waals surface area (Å²) in [5, 5.41) is 0. The molecule has 0 bridgehead atoms. The van der Waals surface area contributed by atoms with Crippen LogP contribution in [0.2, 0.25) is 0 Å². The molecule has 0 saturated heterocycles. The lowest BCUT2D eigenvalue weighted by molar-refractivity contribution is 0.0279. The molecule has 2 N–H and O–H groups in total. The van der Waals surface area contributed by atoms with E-state index in [-0.39, 0.29) is 0 Å². The first-order chi connectivity index (χ1) is 9.88. The highest BCUT2D eigenvalue weighted by atomic mass is 16.5. The van der Waals surface area contributed by atoms with Crippen LogP contribution in [0.25, 0.3) is 0 Å². The molecule has 2 atom stereocenters. The van der Waals surface area contributed by atoms with Crippen molar-refractivity contribution in [2.45, 2.75) is 96.5 Å². The fourth-order valence-corrected chi connectivity index (χ4v) is 3.32. The number of hydrogen-bond acceptors (Lipinski definition) is 2. The quantitative estimate of drug-likeness (QED) is 0.480. The largest absolute Gasteiger partial charge is 0.378 e. The van der Waals surface area contributed by atoms with Gasteiger partial charge in [0.25, 0.3) is 0 Å². The van der Waals surface area contributed by atoms with Gasteiger partial charge in [-0.2, -0.15) is 0 Å². The van der Waals surface area contributed by atoms with Gasteiger partial charge >= 0.3 is 0 Å². The van der Waals surface area contributed by atoms with E-state index in [2.05, 4.69) is 6.92 Å². The third-order valence-electron chi connectivity index (χ3n) is 4.72. The van der Waals surface area contributed by atoms with Gasteiger partial charge in [-0.25, -0.2) is 0 Å². The molecule has 0 amide bonds. The summed E-state index contributed by atoms with van der Waals surface area (Å²) in [7, 11) is 0. The predicted molar refractivity (Wildman–Crippen MR) is 88.0 cm³/mol. The topological polar surface area (TPSA) is 35.2 Å². The lowest BCUT2D eigenvalue weighted by atomic mass is 10.1. The molecule has 0 radical (unpaired) electrons. The minimum absolute atomic E-state index is 0.471. The Bertz CT molecular complexity index is 208. The second-order valence-corrected chi connectivity index (χ2v) is 6.52. The Hall–Kier alpha value is -0.0800. The number of hydrogen-bond donors (Lipinski definition) is 1. The van der Waals surface area contributed by atoms with E-state index >= 15 is 0 Å². The zero-order chi connectivity index (χ0) is 14.5. The van der Waals surface area contributed by atoms with E-state index in [1.54, 1.807) is 0 Å². The van der Waals surface area contributed by atoms with E-state index in [0.29, 0.717) is 12.0 Å². The standard InChI is InChI=1S/C18H37NO/c1-2-3-4-5-6-7-8-9-10-11-15-20-18-14-12-13-17(18)16-19/h17-18H,2-16,19H2,1H3. The van der Waals surface area contributed by atoms with Crippen LogP contribution in [0.3, 0.4) is 0 Å². The van der Waals surface area contributed by atoms with Crippen molar-refractivity contribution in [2.24, 2.45) is 11.7 Å². The van der Waals surface area contributed by atoms with Gasteiger partial charge in [-0.05, 0) is 31.7 Å². The van der Waals surface area contributed by atoms with E-state index < -0.39 is 0 Å². The highest BCUT2D eigenvalue weighted by Gasteiger charge is 2.26. The molecule has 20 heavy (non-hydrogen) atoms. The summed E-state index contributed by atoms with van der Waals surface area (Å²) in [6.07, 6.45) is 18.2. The maximum Gasteiger partial charge on any atom is 0.0615 e. The van der Waals surface area contributed by atoms with Crippen molar-refractivity contribution in [1.82, 2.24) is 0 Å². The van der Waals surface area contributed by atoms with Crippen LogP contribution in [0.1, 0.15) is 90.4 Å². The van der Waals surface area contributed by atoms with Crippen LogP contribution in [-0.2, 0) is 4.74 Å². The van der Waals surface area contributed by atoms with Crippen LogP contribution in [-0.4, -0.2) is 19.3 Å². The van der Waals surface area contributed by atoms with Crippen molar-refractivity contribution in [2.75, 3.05) is 13.2 Å². The Kier molecular flexibility index (Phi) is 11.4. The summed E-state index contributed by atoms with van der Waals surface area (Å²) in [5.41, 5.74) is 5.77. The molecule has 0 spiro atoms. The van der Waals surface area contributed by atoms with Crippen LogP contribution < -0.4 is 5.73 Å². The average molecular weight is 284 g/mol. The summed E-state index contributed by atoms with van der Waals surface area (Å²) >= 11 is 0. The van der Waals surface area contributed by atoms with E-state index in [1.165, 1.54) is 83.5 Å². The minimum atomic E-state index is 0.471. The molecule has 0 aromatic heterocycles. The SMILES string of the molecule is CCCCCCCCCCCCOC1CCCC1CN. The van der Waals surface area contributed by atoms with Gasteiger partial charge in [-0.1, -0.05) is 71.1 Å². The average Bonchev–Trinajstić information content (AvgIpc) is 2.92. The molecule has 1 fully saturated rings. The fourth-order valence-electron chi connectivity index (χ4n) is 3.32. The van der Waals surface area contributed by atoms with Crippen molar-refractivity contribution in [3.05, 3.63) is 0 Å². The van der Waals surface area contributed by atoms with Crippen molar-refractivity contribution >= 4 is 0 Å². The number of ether oxygens (including phenoxy) is 1. The molecule has 1 rings (SSSR count). The van der Waals surface area contributed by atoms with Crippen LogP contribution in [0.15, 0.2) is 0 Å². The summed E-state index contributed by atoms with van der Waals surface area (Å²) in [6, 6.07) is 0. The molecule has 120 valence electrons. The second-order valence-electron chi connectivity index (χ2n) is 6.52. The van der Waals surface area contributed by atoms with Gasteiger partial charge in [0.2, 0.25) is 0 Å². The van der Waals surface area contributed by atoms with Crippen molar-refractivity contribution in [3.63, 3.8) is 0 Å². The molecule has 0 aromatic carbocycles. The minimum Gasteiger partial charge on any atom is -0.378 e. The molecule has 2 heteroatoms. The molecule has 1 saturated carbocycles. The molecule has 2 unspecified atom stereocenters. The lowest BCUT2D eigenvalue weighted by Gasteiger charge is -2.18. The molecule has 1 aliphatic carbocycles. The Morgan fingerprint density at radius 1 is 0.850 bits per heavy atom. The smallest absolute Gasteiger partial charge is 0.0615 e. The Balaban J connectivity index is 1.78. The maximum atomic E-state index is 6.00. The van der Waals surface area contributed by atoms with Crippen LogP contribution in [0.4, 0.5) is 0 Å². The van der Waals surface area contributed by atoms with Crippen molar-refractivity contribution < 1.29 is 4.74 Å². The third-order valence-corrected chi connectivity index (χ3v) is 4.72. The predicted octanol–water partition coefficient (Wildman–Crippen LogP) is 5.05. The molecular formula is C18H37NO. The van der Waals surface area contributed by atoms with Gasteiger partial charge in [0, 0.05) is 6.61 Å². The molecule has 2 nitrogen and oxygen atoms in total. The summed E-state index contributed by atoms with van der Waals surface area (Å²) in [6.45, 7) is 4.05. The van der Waals surface area contributed by atoms with Crippen LogP contribution in [0, 0.1) is 5.92 Å². The Labute approximate surface area is 126 Å². The maximum absolute atomic E-state index is 6.00. The van der Waals surface area contributed by atoms with E-state index in [0.717, 1.165) is 13.2 Å². The summed E-state index contributed by atoms with van der Waals surface area (Å²) in [5.74, 6) is 0.637. The van der Waals surface area contributed by atoms with Gasteiger partial charge < -0.3 is 10.5 Å². The van der Waals surface area contributed by atoms with Gasteiger partial charge in [0.1, 0.15) is 0 Å². The van der Waals surface area contributed by atoms with Gasteiger partial charge in [-0.3, -0.25) is 0 Å². The lowest BCUT2D eigenvalue weighted by Crippen LogP contribution is -2.25. The first-order valence-electron chi connectivity index (χ1n) is 9.20. The summed E-state index contributed by atoms with van der Waals surface area (Å²) < 4.78 is 6.00. The van der Waals surface area contributed by atoms with E-state index in [9.17, 15) is 0 Å². The van der Waals surface area contributed by atoms with Crippen molar-refractivity contribution in [3.8, 4) is 0 Å². The second kappa shape index (κ2) is 12.6. The highest BCUT2D eigenvalue weighted by molar-refractivity contribution is 4.78. The van der Waals surface area contributed by atoms with Crippen LogP contribution >= 0.6 is 0 Å². The molecule has 0 heterocycles. The molecule has 0 aliphatic heterocycles. The van der Waals surface area contributed by atoms with Crippen LogP contribution in [0.5, 0.6) is 0 Å². The van der Waals surface area contributed by atoms with Gasteiger partial charge in [0.15, 0.2) is 0 Å². The Morgan fingerprint density at radius 2 is 1.45 bits per heavy atom. The number of unbranched alkanes of at least 4 members (excludes halogenated alkanes) is 9. The summed E-state index contributed by atoms with van der Waals surface area (Å²) in [4.78, 5) is 0.